The number of carbonyl (C=O) groups excluding carboxylic acids is 2. The number of nitrogens with one attached hydrogen (secondary N) is 3. The molecule has 0 spiro atoms. The molecule has 1 atom stereocenters. The van der Waals surface area contributed by atoms with Crippen LogP contribution in [0.1, 0.15) is 5.56 Å². The van der Waals surface area contributed by atoms with Crippen molar-refractivity contribution in [2.45, 2.75) is 6.92 Å². The number of hydrogen-bond donors (Lipinski definition) is 3. The number of halogens is 1. The third-order valence-electron chi connectivity index (χ3n) is 2.77. The molecule has 0 saturated heterocycles. The van der Waals surface area contributed by atoms with E-state index >= 15 is 0 Å². The smallest absolute Gasteiger partial charge is 0.279 e. The number of rotatable bonds is 6. The average Bonchev–Trinajstić information content (AvgIpc) is 2.39. The summed E-state index contributed by atoms with van der Waals surface area (Å²) in [5, 5.41) is 5.41. The van der Waals surface area contributed by atoms with Crippen molar-refractivity contribution < 1.29 is 14.5 Å². The van der Waals surface area contributed by atoms with E-state index in [2.05, 4.69) is 32.5 Å². The summed E-state index contributed by atoms with van der Waals surface area (Å²) in [5.74, 6) is 2.03. The van der Waals surface area contributed by atoms with Gasteiger partial charge in [-0.1, -0.05) is 21.9 Å². The Balaban J connectivity index is 2.46. The number of amides is 2. The van der Waals surface area contributed by atoms with E-state index in [4.69, 9.17) is 6.42 Å². The van der Waals surface area contributed by atoms with Gasteiger partial charge in [0.05, 0.1) is 13.6 Å². The van der Waals surface area contributed by atoms with Crippen LogP contribution < -0.4 is 15.5 Å². The van der Waals surface area contributed by atoms with Crippen LogP contribution in [-0.2, 0) is 9.59 Å². The first-order chi connectivity index (χ1) is 9.92. The van der Waals surface area contributed by atoms with Gasteiger partial charge in [-0.15, -0.1) is 6.42 Å². The fourth-order valence-electron chi connectivity index (χ4n) is 1.78. The van der Waals surface area contributed by atoms with Gasteiger partial charge < -0.3 is 15.5 Å². The topological polar surface area (TPSA) is 62.6 Å². The second-order valence-electron chi connectivity index (χ2n) is 4.80. The molecule has 0 aliphatic rings. The number of terminal acetylenes is 1. The third kappa shape index (κ3) is 6.43. The van der Waals surface area contributed by atoms with Gasteiger partial charge in [0, 0.05) is 10.2 Å². The van der Waals surface area contributed by atoms with Crippen LogP contribution >= 0.6 is 15.9 Å². The maximum absolute atomic E-state index is 11.9. The van der Waals surface area contributed by atoms with Crippen LogP contribution in [-0.4, -0.2) is 38.5 Å². The summed E-state index contributed by atoms with van der Waals surface area (Å²) in [6.07, 6.45) is 5.06. The molecule has 5 nitrogen and oxygen atoms in total. The quantitative estimate of drug-likeness (QED) is 0.629. The minimum absolute atomic E-state index is 0.136. The van der Waals surface area contributed by atoms with Crippen LogP contribution in [0.25, 0.3) is 0 Å². The Morgan fingerprint density at radius 3 is 2.62 bits per heavy atom. The Hall–Kier alpha value is -1.84. The lowest BCUT2D eigenvalue weighted by atomic mass is 10.2. The van der Waals surface area contributed by atoms with Crippen molar-refractivity contribution in [3.05, 3.63) is 28.2 Å². The molecular formula is C15H19BrN3O2+. The van der Waals surface area contributed by atoms with Crippen LogP contribution in [0.2, 0.25) is 0 Å². The first-order valence-corrected chi connectivity index (χ1v) is 7.29. The molecule has 3 N–H and O–H groups in total. The number of hydrogen-bond acceptors (Lipinski definition) is 2. The zero-order chi connectivity index (χ0) is 15.8. The third-order valence-corrected chi connectivity index (χ3v) is 3.27. The summed E-state index contributed by atoms with van der Waals surface area (Å²) in [7, 11) is 1.78. The molecule has 112 valence electrons. The molecule has 0 aliphatic heterocycles. The van der Waals surface area contributed by atoms with Crippen molar-refractivity contribution in [1.29, 1.82) is 0 Å². The van der Waals surface area contributed by atoms with Crippen LogP contribution in [0.15, 0.2) is 22.7 Å². The predicted molar refractivity (Wildman–Crippen MR) is 86.0 cm³/mol. The molecule has 0 fully saturated rings. The lowest BCUT2D eigenvalue weighted by molar-refractivity contribution is -0.862. The molecule has 0 heterocycles. The number of likely N-dealkylation sites (N-methyl/N-ethyl adjacent to an activating group) is 1. The summed E-state index contributed by atoms with van der Waals surface area (Å²) in [6.45, 7) is 2.54. The lowest BCUT2D eigenvalue weighted by Gasteiger charge is -2.14. The molecule has 0 aromatic heterocycles. The van der Waals surface area contributed by atoms with Gasteiger partial charge in [0.1, 0.15) is 0 Å². The second kappa shape index (κ2) is 8.45. The van der Waals surface area contributed by atoms with E-state index in [9.17, 15) is 9.59 Å². The fraction of sp³-hybridized carbons (Fsp3) is 0.333. The van der Waals surface area contributed by atoms with Crippen molar-refractivity contribution in [3.63, 3.8) is 0 Å². The van der Waals surface area contributed by atoms with Crippen molar-refractivity contribution in [3.8, 4) is 12.3 Å². The highest BCUT2D eigenvalue weighted by molar-refractivity contribution is 9.10. The average molecular weight is 353 g/mol. The zero-order valence-electron chi connectivity index (χ0n) is 12.1. The van der Waals surface area contributed by atoms with Crippen LogP contribution in [0.3, 0.4) is 0 Å². The predicted octanol–water partition coefficient (Wildman–Crippen LogP) is -0.0399. The first-order valence-electron chi connectivity index (χ1n) is 6.50. The number of aryl methyl sites for hydroxylation is 1. The summed E-state index contributed by atoms with van der Waals surface area (Å²) < 4.78 is 0.964. The van der Waals surface area contributed by atoms with Gasteiger partial charge in [0.25, 0.3) is 11.8 Å². The lowest BCUT2D eigenvalue weighted by Crippen LogP contribution is -3.11. The first kappa shape index (κ1) is 17.2. The van der Waals surface area contributed by atoms with Gasteiger partial charge in [-0.25, -0.2) is 0 Å². The van der Waals surface area contributed by atoms with Crippen molar-refractivity contribution in [1.82, 2.24) is 5.32 Å². The molecular weight excluding hydrogens is 334 g/mol. The van der Waals surface area contributed by atoms with Gasteiger partial charge in [0.2, 0.25) is 0 Å². The number of anilines is 1. The van der Waals surface area contributed by atoms with E-state index in [-0.39, 0.29) is 31.4 Å². The maximum Gasteiger partial charge on any atom is 0.279 e. The highest BCUT2D eigenvalue weighted by atomic mass is 79.9. The van der Waals surface area contributed by atoms with Crippen LogP contribution in [0.5, 0.6) is 0 Å². The van der Waals surface area contributed by atoms with Gasteiger partial charge in [0.15, 0.2) is 13.1 Å². The summed E-state index contributed by atoms with van der Waals surface area (Å²) in [4.78, 5) is 24.2. The van der Waals surface area contributed by atoms with Crippen LogP contribution in [0, 0.1) is 19.3 Å². The minimum Gasteiger partial charge on any atom is -0.340 e. The van der Waals surface area contributed by atoms with Crippen molar-refractivity contribution >= 4 is 33.4 Å². The SMILES string of the molecule is C#CCNC(=O)C[NH+](C)CC(=O)Nc1ccc(Br)cc1C. The normalized spacial score (nSPS) is 11.3. The van der Waals surface area contributed by atoms with Gasteiger partial charge >= 0.3 is 0 Å². The molecule has 21 heavy (non-hydrogen) atoms. The second-order valence-corrected chi connectivity index (χ2v) is 5.71. The highest BCUT2D eigenvalue weighted by Crippen LogP contribution is 2.19. The fourth-order valence-corrected chi connectivity index (χ4v) is 2.26. The molecule has 0 aliphatic carbocycles. The van der Waals surface area contributed by atoms with Crippen molar-refractivity contribution in [2.75, 3.05) is 32.0 Å². The summed E-state index contributed by atoms with van der Waals surface area (Å²) in [6, 6.07) is 5.64. The van der Waals surface area contributed by atoms with E-state index < -0.39 is 0 Å². The monoisotopic (exact) mass is 352 g/mol. The van der Waals surface area contributed by atoms with Gasteiger partial charge in [-0.2, -0.15) is 0 Å². The Kier molecular flexibility index (Phi) is 6.92. The number of carbonyl (C=O) groups is 2. The van der Waals surface area contributed by atoms with Crippen molar-refractivity contribution in [2.24, 2.45) is 0 Å². The Morgan fingerprint density at radius 1 is 1.33 bits per heavy atom. The van der Waals surface area contributed by atoms with Gasteiger partial charge in [-0.05, 0) is 30.7 Å². The Labute approximate surface area is 133 Å². The summed E-state index contributed by atoms with van der Waals surface area (Å²) >= 11 is 3.38. The molecule has 1 rings (SSSR count). The maximum atomic E-state index is 11.9. The standard InChI is InChI=1S/C15H18BrN3O2/c1-4-7-17-14(20)9-19(3)10-15(21)18-13-6-5-12(16)8-11(13)2/h1,5-6,8H,7,9-10H2,2-3H3,(H,17,20)(H,18,21)/p+1. The molecule has 0 bridgehead atoms. The van der Waals surface area contributed by atoms with E-state index in [1.54, 1.807) is 7.05 Å². The number of benzene rings is 1. The molecule has 1 aromatic carbocycles. The minimum atomic E-state index is -0.168. The number of quaternary nitrogens is 1. The Morgan fingerprint density at radius 2 is 2.00 bits per heavy atom. The summed E-state index contributed by atoms with van der Waals surface area (Å²) in [5.41, 5.74) is 1.75. The molecule has 1 unspecified atom stereocenters. The molecule has 0 radical (unpaired) electrons. The van der Waals surface area contributed by atoms with Gasteiger partial charge in [-0.3, -0.25) is 9.59 Å². The van der Waals surface area contributed by atoms with E-state index in [1.165, 1.54) is 0 Å². The molecule has 0 saturated carbocycles. The van der Waals surface area contributed by atoms with E-state index in [0.29, 0.717) is 0 Å². The molecule has 1 aromatic rings. The largest absolute Gasteiger partial charge is 0.340 e. The zero-order valence-corrected chi connectivity index (χ0v) is 13.7. The Bertz CT molecular complexity index is 567. The van der Waals surface area contributed by atoms with E-state index in [1.807, 2.05) is 25.1 Å². The molecule has 2 amide bonds. The van der Waals surface area contributed by atoms with Crippen LogP contribution in [0.4, 0.5) is 5.69 Å². The van der Waals surface area contributed by atoms with E-state index in [0.717, 1.165) is 20.6 Å². The highest BCUT2D eigenvalue weighted by Gasteiger charge is 2.14. The molecule has 6 heteroatoms.